The van der Waals surface area contributed by atoms with Crippen LogP contribution < -0.4 is 28.3 Å². The minimum absolute atomic E-state index is 0.0148. The zero-order valence-electron chi connectivity index (χ0n) is 40.8. The maximum Gasteiger partial charge on any atom is 0.490 e. The third kappa shape index (κ3) is 12.5. The highest BCUT2D eigenvalue weighted by Crippen LogP contribution is 2.68. The van der Waals surface area contributed by atoms with Crippen LogP contribution in [0.25, 0.3) is 33.5 Å². The van der Waals surface area contributed by atoms with Gasteiger partial charge in [-0.05, 0) is 6.42 Å². The molecule has 4 unspecified atom stereocenters. The maximum atomic E-state index is 13.7. The molecular formula is C36H51N15O24P4. The van der Waals surface area contributed by atoms with Gasteiger partial charge in [0.25, 0.3) is 11.1 Å². The third-order valence-corrected chi connectivity index (χ3v) is 17.6. The number of aliphatic hydroxyl groups excluding tert-OH is 3. The van der Waals surface area contributed by atoms with E-state index < -0.39 is 136 Å². The van der Waals surface area contributed by atoms with E-state index in [-0.39, 0.29) is 64.4 Å². The van der Waals surface area contributed by atoms with Gasteiger partial charge in [-0.3, -0.25) is 51.4 Å². The molecule has 0 radical (unpaired) electrons. The average Bonchev–Trinajstić information content (AvgIpc) is 4.34. The van der Waals surface area contributed by atoms with Crippen molar-refractivity contribution < 1.29 is 104 Å². The molecular weight excluding hydrogens is 1150 g/mol. The number of anilines is 3. The number of fused-ring (bicyclic) bond motifs is 3. The summed E-state index contributed by atoms with van der Waals surface area (Å²) in [6, 6.07) is 0. The molecule has 39 nitrogen and oxygen atoms in total. The second-order valence-corrected chi connectivity index (χ2v) is 23.6. The predicted molar refractivity (Wildman–Crippen MR) is 259 cm³/mol. The van der Waals surface area contributed by atoms with Crippen LogP contribution in [0.4, 0.5) is 17.7 Å². The number of nitrogens with two attached hydrogens (primary N) is 3. The SMILES string of the molecule is CCCCOC[C@H]1[C@@H](O)[C@H](n2cnc3c(=O)[nH]c(N)nc32)O[C@@H]1COP(=O)(O)OP(=O)(O)OP(=O)(O)OC[C@H]1O[C@@H](n2cnc3c(N)ncnc32)[C@H](OC)[C@@H]1OP(=O)(O)OC[C@H]1O[C@@H](n2cnc3c(=O)[nH]c(N)nc32)[C@H](O)[C@@H]1O. The number of aromatic nitrogens is 12. The lowest BCUT2D eigenvalue weighted by atomic mass is 9.99. The molecule has 79 heavy (non-hydrogen) atoms. The minimum Gasteiger partial charge on any atom is -0.388 e. The molecule has 3 fully saturated rings. The van der Waals surface area contributed by atoms with Crippen LogP contribution >= 0.6 is 31.3 Å². The van der Waals surface area contributed by atoms with Gasteiger partial charge in [0.1, 0.15) is 54.6 Å². The summed E-state index contributed by atoms with van der Waals surface area (Å²) in [4.78, 5) is 100. The Morgan fingerprint density at radius 3 is 1.70 bits per heavy atom. The van der Waals surface area contributed by atoms with E-state index in [2.05, 4.69) is 53.5 Å². The number of nitrogens with zero attached hydrogens (tertiary/aromatic N) is 10. The molecule has 3 saturated heterocycles. The van der Waals surface area contributed by atoms with E-state index >= 15 is 0 Å². The van der Waals surface area contributed by atoms with Gasteiger partial charge in [0, 0.05) is 19.6 Å². The number of H-pyrrole nitrogens is 2. The summed E-state index contributed by atoms with van der Waals surface area (Å²) in [7, 11) is -22.3. The number of hydrogen-bond acceptors (Lipinski definition) is 30. The highest BCUT2D eigenvalue weighted by Gasteiger charge is 2.54. The molecule has 0 saturated carbocycles. The molecule has 15 N–H and O–H groups in total. The van der Waals surface area contributed by atoms with Gasteiger partial charge < -0.3 is 75.8 Å². The second kappa shape index (κ2) is 23.0. The summed E-state index contributed by atoms with van der Waals surface area (Å²) in [6.45, 7) is -1.29. The van der Waals surface area contributed by atoms with E-state index in [0.717, 1.165) is 43.4 Å². The summed E-state index contributed by atoms with van der Waals surface area (Å²) >= 11 is 0. The van der Waals surface area contributed by atoms with Crippen molar-refractivity contribution >= 4 is 82.5 Å². The van der Waals surface area contributed by atoms with Crippen molar-refractivity contribution in [2.45, 2.75) is 87.3 Å². The molecule has 16 atom stereocenters. The van der Waals surface area contributed by atoms with Crippen LogP contribution in [0.5, 0.6) is 0 Å². The van der Waals surface area contributed by atoms with Gasteiger partial charge in [0.15, 0.2) is 52.5 Å². The number of aromatic amines is 2. The van der Waals surface area contributed by atoms with Crippen LogP contribution in [0.15, 0.2) is 34.9 Å². The highest BCUT2D eigenvalue weighted by atomic mass is 31.3. The van der Waals surface area contributed by atoms with Gasteiger partial charge >= 0.3 is 31.3 Å². The Labute approximate surface area is 440 Å². The van der Waals surface area contributed by atoms with Gasteiger partial charge in [0.05, 0.1) is 51.5 Å². The van der Waals surface area contributed by atoms with Crippen molar-refractivity contribution in [1.82, 2.24) is 58.6 Å². The molecule has 0 aliphatic carbocycles. The van der Waals surface area contributed by atoms with Crippen LogP contribution in [-0.2, 0) is 68.7 Å². The first kappa shape index (κ1) is 58.5. The zero-order chi connectivity index (χ0) is 56.9. The van der Waals surface area contributed by atoms with Gasteiger partial charge in [-0.15, -0.1) is 0 Å². The summed E-state index contributed by atoms with van der Waals surface area (Å²) in [6.07, 6.45) is -11.8. The quantitative estimate of drug-likeness (QED) is 0.0229. The summed E-state index contributed by atoms with van der Waals surface area (Å²) in [5.74, 6) is -1.73. The number of ether oxygens (including phenoxy) is 5. The largest absolute Gasteiger partial charge is 0.490 e. The molecule has 9 heterocycles. The first-order valence-electron chi connectivity index (χ1n) is 23.1. The lowest BCUT2D eigenvalue weighted by Crippen LogP contribution is -2.38. The fourth-order valence-corrected chi connectivity index (χ4v) is 13.2. The molecule has 3 aliphatic rings. The van der Waals surface area contributed by atoms with E-state index in [1.54, 1.807) is 0 Å². The Morgan fingerprint density at radius 2 is 1.11 bits per heavy atom. The van der Waals surface area contributed by atoms with Crippen LogP contribution in [0, 0.1) is 5.92 Å². The monoisotopic (exact) mass is 1200 g/mol. The van der Waals surface area contributed by atoms with E-state index in [0.29, 0.717) is 6.42 Å². The summed E-state index contributed by atoms with van der Waals surface area (Å²) < 4.78 is 115. The molecule has 434 valence electrons. The fourth-order valence-electron chi connectivity index (χ4n) is 8.72. The standard InChI is InChI=1S/C36H51N15O24P4/c1-3-4-5-66-6-14-15(70-32(21(14)52)50-12-43-19-28(50)45-35(38)47-30(19)55)7-68-77(59,60)74-79(63,64)75-78(61,62)69-9-17-24(25(65-2)34(72-17)49-11-42-18-26(37)40-10-41-27(18)49)73-76(57,58)67-8-16-22(53)23(54)33(71-16)51-13-44-20-29(51)46-36(39)48-31(20)56/h10-17,21-25,32-34,52-54H,3-9H2,1-2H3,(H,57,58)(H,59,60)(H,61,62)(H,63,64)(H2,37,40,41)(H3,38,45,47,55)(H3,39,46,48,56)/t14-,15-,16-,17-,21-,22-,23-,24-,25-,32-,33-,34-/m1/s1. The van der Waals surface area contributed by atoms with Gasteiger partial charge in [-0.2, -0.15) is 18.6 Å². The molecule has 0 aromatic carbocycles. The van der Waals surface area contributed by atoms with Crippen molar-refractivity contribution in [2.24, 2.45) is 5.92 Å². The van der Waals surface area contributed by atoms with Crippen LogP contribution in [0.2, 0.25) is 0 Å². The van der Waals surface area contributed by atoms with Crippen LogP contribution in [0.1, 0.15) is 38.4 Å². The number of imidazole rings is 3. The normalized spacial score (nSPS) is 29.5. The van der Waals surface area contributed by atoms with E-state index in [9.17, 15) is 62.7 Å². The fraction of sp³-hybridized carbons (Fsp3) is 0.583. The minimum atomic E-state index is -6.19. The lowest BCUT2D eigenvalue weighted by Gasteiger charge is -2.26. The van der Waals surface area contributed by atoms with Crippen molar-refractivity contribution in [3.05, 3.63) is 46.0 Å². The molecule has 0 spiro atoms. The number of phosphoric ester groups is 3. The second-order valence-electron chi connectivity index (χ2n) is 17.6. The Hall–Kier alpha value is -5.15. The Balaban J connectivity index is 0.869. The maximum absolute atomic E-state index is 13.7. The van der Waals surface area contributed by atoms with Crippen molar-refractivity contribution in [1.29, 1.82) is 0 Å². The van der Waals surface area contributed by atoms with Gasteiger partial charge in [-0.1, -0.05) is 13.3 Å². The first-order valence-corrected chi connectivity index (χ1v) is 29.1. The summed E-state index contributed by atoms with van der Waals surface area (Å²) in [5, 5.41) is 33.2. The molecule has 0 amide bonds. The Morgan fingerprint density at radius 1 is 0.608 bits per heavy atom. The predicted octanol–water partition coefficient (Wildman–Crippen LogP) is -2.07. The number of aliphatic hydroxyl groups is 3. The topological polar surface area (TPSA) is 560 Å². The number of phosphoric acid groups is 4. The summed E-state index contributed by atoms with van der Waals surface area (Å²) in [5.41, 5.74) is 15.3. The smallest absolute Gasteiger partial charge is 0.388 e. The number of unbranched alkanes of at least 4 members (excludes halogenated alkanes) is 1. The molecule has 0 bridgehead atoms. The average molecular weight is 1200 g/mol. The number of rotatable bonds is 24. The third-order valence-electron chi connectivity index (χ3n) is 12.4. The van der Waals surface area contributed by atoms with Crippen molar-refractivity contribution in [3.63, 3.8) is 0 Å². The van der Waals surface area contributed by atoms with E-state index in [4.69, 9.17) is 59.0 Å². The molecule has 43 heteroatoms. The van der Waals surface area contributed by atoms with Gasteiger partial charge in [-0.25, -0.2) is 43.2 Å². The van der Waals surface area contributed by atoms with Crippen LogP contribution in [0.3, 0.4) is 0 Å². The van der Waals surface area contributed by atoms with Crippen molar-refractivity contribution in [3.8, 4) is 0 Å². The number of nitrogen functional groups attached to an aromatic ring is 3. The number of methoxy groups -OCH3 is 1. The molecule has 6 aromatic rings. The highest BCUT2D eigenvalue weighted by molar-refractivity contribution is 7.66. The van der Waals surface area contributed by atoms with Crippen molar-refractivity contribution in [2.75, 3.05) is 57.3 Å². The Bertz CT molecular complexity index is 3510. The van der Waals surface area contributed by atoms with E-state index in [1.807, 2.05) is 6.92 Å². The molecule has 9 rings (SSSR count). The van der Waals surface area contributed by atoms with Gasteiger partial charge in [0.2, 0.25) is 11.9 Å². The van der Waals surface area contributed by atoms with Crippen LogP contribution in [-0.4, -0.2) is 182 Å². The number of nitrogens with one attached hydrogen (secondary N) is 2. The lowest BCUT2D eigenvalue weighted by molar-refractivity contribution is -0.0581. The van der Waals surface area contributed by atoms with E-state index in [1.165, 1.54) is 9.13 Å². The zero-order valence-corrected chi connectivity index (χ0v) is 44.3. The molecule has 3 aliphatic heterocycles. The Kier molecular flexibility index (Phi) is 17.0. The first-order chi connectivity index (χ1) is 37.3. The molecule has 6 aromatic heterocycles. The number of hydrogen-bond donors (Lipinski definition) is 12.